The molecule has 0 aliphatic carbocycles. The minimum absolute atomic E-state index is 0.0455. The van der Waals surface area contributed by atoms with Crippen molar-refractivity contribution in [3.63, 3.8) is 0 Å². The Bertz CT molecular complexity index is 669. The molecule has 23 heavy (non-hydrogen) atoms. The van der Waals surface area contributed by atoms with Crippen LogP contribution in [-0.2, 0) is 4.74 Å². The summed E-state index contributed by atoms with van der Waals surface area (Å²) in [5, 5.41) is 12.6. The first-order valence-electron chi connectivity index (χ1n) is 8.11. The first kappa shape index (κ1) is 16.0. The maximum atomic E-state index is 9.35. The molecule has 1 aromatic heterocycles. The summed E-state index contributed by atoms with van der Waals surface area (Å²) in [6, 6.07) is 7.76. The average Bonchev–Trinajstić information content (AvgIpc) is 2.53. The number of fused-ring (bicyclic) bond motifs is 1. The molecular weight excluding hydrogens is 292 g/mol. The molecule has 0 saturated carbocycles. The van der Waals surface area contributed by atoms with E-state index in [0.717, 1.165) is 29.9 Å². The van der Waals surface area contributed by atoms with Crippen molar-refractivity contribution in [2.45, 2.75) is 39.0 Å². The zero-order valence-corrected chi connectivity index (χ0v) is 13.9. The number of aliphatic hydroxyl groups is 1. The minimum atomic E-state index is -0.0832. The number of aliphatic hydroxyl groups excluding tert-OH is 1. The van der Waals surface area contributed by atoms with Crippen molar-refractivity contribution >= 4 is 22.7 Å². The molecule has 6 heteroatoms. The van der Waals surface area contributed by atoms with Gasteiger partial charge in [-0.25, -0.2) is 9.97 Å². The number of rotatable bonds is 4. The molecule has 2 aromatic rings. The number of morpholine rings is 1. The molecule has 3 rings (SSSR count). The van der Waals surface area contributed by atoms with E-state index in [4.69, 9.17) is 14.7 Å². The lowest BCUT2D eigenvalue weighted by Gasteiger charge is -2.36. The molecule has 0 spiro atoms. The lowest BCUT2D eigenvalue weighted by Crippen LogP contribution is -2.46. The number of hydrogen-bond donors (Lipinski definition) is 2. The van der Waals surface area contributed by atoms with Gasteiger partial charge < -0.3 is 20.1 Å². The normalized spacial score (nSPS) is 23.0. The monoisotopic (exact) mass is 316 g/mol. The van der Waals surface area contributed by atoms with Crippen LogP contribution >= 0.6 is 0 Å². The fourth-order valence-corrected chi connectivity index (χ4v) is 2.94. The lowest BCUT2D eigenvalue weighted by atomic mass is 10.2. The van der Waals surface area contributed by atoms with Crippen molar-refractivity contribution in [3.05, 3.63) is 24.3 Å². The van der Waals surface area contributed by atoms with Crippen LogP contribution in [0, 0.1) is 0 Å². The second kappa shape index (κ2) is 6.68. The van der Waals surface area contributed by atoms with E-state index in [2.05, 4.69) is 24.1 Å². The van der Waals surface area contributed by atoms with Crippen molar-refractivity contribution in [3.8, 4) is 0 Å². The fraction of sp³-hybridized carbons (Fsp3) is 0.529. The van der Waals surface area contributed by atoms with Crippen LogP contribution in [0.1, 0.15) is 20.8 Å². The van der Waals surface area contributed by atoms with Crippen LogP contribution in [-0.4, -0.2) is 53.0 Å². The lowest BCUT2D eigenvalue weighted by molar-refractivity contribution is -0.00541. The number of hydrogen-bond acceptors (Lipinski definition) is 6. The Morgan fingerprint density at radius 3 is 2.43 bits per heavy atom. The van der Waals surface area contributed by atoms with Gasteiger partial charge in [-0.2, -0.15) is 0 Å². The van der Waals surface area contributed by atoms with Gasteiger partial charge in [0, 0.05) is 19.1 Å². The summed E-state index contributed by atoms with van der Waals surface area (Å²) in [5.74, 6) is 1.54. The van der Waals surface area contributed by atoms with Crippen molar-refractivity contribution in [2.24, 2.45) is 0 Å². The quantitative estimate of drug-likeness (QED) is 0.899. The molecule has 6 nitrogen and oxygen atoms in total. The highest BCUT2D eigenvalue weighted by molar-refractivity contribution is 5.80. The Hall–Kier alpha value is -1.92. The molecule has 0 unspecified atom stereocenters. The van der Waals surface area contributed by atoms with Gasteiger partial charge in [0.25, 0.3) is 0 Å². The summed E-state index contributed by atoms with van der Waals surface area (Å²) in [4.78, 5) is 11.8. The van der Waals surface area contributed by atoms with Gasteiger partial charge in [0.05, 0.1) is 29.8 Å². The van der Waals surface area contributed by atoms with Crippen LogP contribution in [0.25, 0.3) is 11.0 Å². The second-order valence-corrected chi connectivity index (χ2v) is 6.27. The average molecular weight is 316 g/mol. The van der Waals surface area contributed by atoms with Crippen LogP contribution < -0.4 is 10.2 Å². The second-order valence-electron chi connectivity index (χ2n) is 6.27. The Morgan fingerprint density at radius 2 is 1.83 bits per heavy atom. The summed E-state index contributed by atoms with van der Waals surface area (Å²) in [6.07, 6.45) is 0.297. The van der Waals surface area contributed by atoms with E-state index >= 15 is 0 Å². The molecule has 1 saturated heterocycles. The zero-order chi connectivity index (χ0) is 16.4. The highest BCUT2D eigenvalue weighted by atomic mass is 16.5. The third-order valence-corrected chi connectivity index (χ3v) is 3.93. The molecule has 1 aliphatic heterocycles. The molecule has 1 aromatic carbocycles. The highest BCUT2D eigenvalue weighted by Gasteiger charge is 2.26. The van der Waals surface area contributed by atoms with Crippen molar-refractivity contribution in [1.29, 1.82) is 0 Å². The zero-order valence-electron chi connectivity index (χ0n) is 13.9. The SMILES string of the molecule is C[C@@H]1CN(c2nc3ccccc3nc2N[C@@H](C)CO)C[C@H](C)O1. The molecule has 1 aliphatic rings. The predicted molar refractivity (Wildman–Crippen MR) is 91.9 cm³/mol. The van der Waals surface area contributed by atoms with E-state index in [-0.39, 0.29) is 24.9 Å². The van der Waals surface area contributed by atoms with Crippen LogP contribution in [0.15, 0.2) is 24.3 Å². The van der Waals surface area contributed by atoms with Gasteiger partial charge >= 0.3 is 0 Å². The fourth-order valence-electron chi connectivity index (χ4n) is 2.94. The van der Waals surface area contributed by atoms with Crippen LogP contribution in [0.5, 0.6) is 0 Å². The number of nitrogens with one attached hydrogen (secondary N) is 1. The summed E-state index contributed by atoms with van der Waals surface area (Å²) >= 11 is 0. The van der Waals surface area contributed by atoms with Crippen LogP contribution in [0.2, 0.25) is 0 Å². The molecule has 2 heterocycles. The Balaban J connectivity index is 2.03. The molecular formula is C17H24N4O2. The van der Waals surface area contributed by atoms with Gasteiger partial charge in [0.1, 0.15) is 0 Å². The number of benzene rings is 1. The first-order valence-corrected chi connectivity index (χ1v) is 8.11. The van der Waals surface area contributed by atoms with Crippen molar-refractivity contribution in [2.75, 3.05) is 29.9 Å². The topological polar surface area (TPSA) is 70.5 Å². The molecule has 0 bridgehead atoms. The van der Waals surface area contributed by atoms with E-state index in [1.807, 2.05) is 31.2 Å². The van der Waals surface area contributed by atoms with E-state index in [1.54, 1.807) is 0 Å². The van der Waals surface area contributed by atoms with E-state index in [0.29, 0.717) is 5.82 Å². The maximum absolute atomic E-state index is 9.35. The summed E-state index contributed by atoms with van der Waals surface area (Å²) in [6.45, 7) is 7.66. The number of nitrogens with zero attached hydrogens (tertiary/aromatic N) is 3. The summed E-state index contributed by atoms with van der Waals surface area (Å²) in [5.41, 5.74) is 1.72. The van der Waals surface area contributed by atoms with Gasteiger partial charge in [-0.05, 0) is 32.9 Å². The van der Waals surface area contributed by atoms with Crippen molar-refractivity contribution < 1.29 is 9.84 Å². The molecule has 124 valence electrons. The Morgan fingerprint density at radius 1 is 1.22 bits per heavy atom. The first-order chi connectivity index (χ1) is 11.1. The minimum Gasteiger partial charge on any atom is -0.394 e. The highest BCUT2D eigenvalue weighted by Crippen LogP contribution is 2.28. The van der Waals surface area contributed by atoms with Crippen molar-refractivity contribution in [1.82, 2.24) is 9.97 Å². The van der Waals surface area contributed by atoms with Gasteiger partial charge in [-0.15, -0.1) is 0 Å². The molecule has 3 atom stereocenters. The van der Waals surface area contributed by atoms with E-state index in [1.165, 1.54) is 0 Å². The third kappa shape index (κ3) is 3.54. The van der Waals surface area contributed by atoms with Crippen LogP contribution in [0.4, 0.5) is 11.6 Å². The predicted octanol–water partition coefficient (Wildman–Crippen LogP) is 2.04. The number of ether oxygens (including phenoxy) is 1. The largest absolute Gasteiger partial charge is 0.394 e. The molecule has 2 N–H and O–H groups in total. The van der Waals surface area contributed by atoms with Gasteiger partial charge in [0.15, 0.2) is 11.6 Å². The third-order valence-electron chi connectivity index (χ3n) is 3.93. The van der Waals surface area contributed by atoms with Crippen LogP contribution in [0.3, 0.4) is 0 Å². The van der Waals surface area contributed by atoms with E-state index < -0.39 is 0 Å². The van der Waals surface area contributed by atoms with Gasteiger partial charge in [-0.1, -0.05) is 12.1 Å². The molecule has 0 amide bonds. The molecule has 1 fully saturated rings. The van der Waals surface area contributed by atoms with Gasteiger partial charge in [0.2, 0.25) is 0 Å². The van der Waals surface area contributed by atoms with Gasteiger partial charge in [-0.3, -0.25) is 0 Å². The number of anilines is 2. The Kier molecular flexibility index (Phi) is 4.63. The summed E-state index contributed by atoms with van der Waals surface area (Å²) in [7, 11) is 0. The number of aromatic nitrogens is 2. The molecule has 0 radical (unpaired) electrons. The summed E-state index contributed by atoms with van der Waals surface area (Å²) < 4.78 is 5.82. The standard InChI is InChI=1S/C17H24N4O2/c1-11(10-22)18-16-17(21-8-12(2)23-13(3)9-21)20-15-7-5-4-6-14(15)19-16/h4-7,11-13,22H,8-10H2,1-3H3,(H,18,19)/t11-,12-,13+/m0/s1. The number of para-hydroxylation sites is 2. The Labute approximate surface area is 136 Å². The maximum Gasteiger partial charge on any atom is 0.172 e. The van der Waals surface area contributed by atoms with E-state index in [9.17, 15) is 5.11 Å². The smallest absolute Gasteiger partial charge is 0.172 e.